The molecule has 1 heterocycles. The van der Waals surface area contributed by atoms with Crippen molar-refractivity contribution in [3.8, 4) is 11.5 Å². The van der Waals surface area contributed by atoms with Crippen LogP contribution in [-0.2, 0) is 13.2 Å². The van der Waals surface area contributed by atoms with Crippen LogP contribution in [0.1, 0.15) is 24.0 Å². The zero-order chi connectivity index (χ0) is 20.5. The van der Waals surface area contributed by atoms with Crippen LogP contribution in [0.3, 0.4) is 0 Å². The Morgan fingerprint density at radius 2 is 1.90 bits per heavy atom. The Kier molecular flexibility index (Phi) is 8.87. The molecule has 4 nitrogen and oxygen atoms in total. The molecule has 29 heavy (non-hydrogen) atoms. The molecular weight excluding hydrogens is 452 g/mol. The van der Waals surface area contributed by atoms with Crippen molar-refractivity contribution in [2.24, 2.45) is 5.92 Å². The third-order valence-corrected chi connectivity index (χ3v) is 5.91. The Balaban J connectivity index is 1.63. The number of hydrogen-bond acceptors (Lipinski definition) is 4. The highest BCUT2D eigenvalue weighted by atomic mass is 79.9. The number of hydrogen-bond donors (Lipinski definition) is 2. The van der Waals surface area contributed by atoms with Gasteiger partial charge in [-0.25, -0.2) is 0 Å². The van der Waals surface area contributed by atoms with Crippen molar-refractivity contribution >= 4 is 27.5 Å². The highest BCUT2D eigenvalue weighted by Crippen LogP contribution is 2.27. The van der Waals surface area contributed by atoms with Gasteiger partial charge in [0.15, 0.2) is 0 Å². The van der Waals surface area contributed by atoms with E-state index in [2.05, 4.69) is 45.3 Å². The van der Waals surface area contributed by atoms with Gasteiger partial charge in [-0.2, -0.15) is 0 Å². The number of rotatable bonds is 10. The molecule has 0 bridgehead atoms. The molecule has 2 aromatic carbocycles. The van der Waals surface area contributed by atoms with Crippen LogP contribution in [0.5, 0.6) is 11.5 Å². The maximum atomic E-state index is 6.06. The average Bonchev–Trinajstić information content (AvgIpc) is 2.72. The molecule has 0 radical (unpaired) electrons. The summed E-state index contributed by atoms with van der Waals surface area (Å²) in [7, 11) is 0. The minimum Gasteiger partial charge on any atom is -0.489 e. The van der Waals surface area contributed by atoms with Crippen molar-refractivity contribution < 1.29 is 9.47 Å². The molecule has 0 spiro atoms. The zero-order valence-corrected chi connectivity index (χ0v) is 18.9. The van der Waals surface area contributed by atoms with Crippen molar-refractivity contribution in [1.29, 1.82) is 0 Å². The number of ether oxygens (including phenoxy) is 2. The summed E-state index contributed by atoms with van der Waals surface area (Å²) in [6.07, 6.45) is 4.22. The molecule has 6 heteroatoms. The van der Waals surface area contributed by atoms with Gasteiger partial charge in [0.25, 0.3) is 0 Å². The monoisotopic (exact) mass is 478 g/mol. The predicted octanol–water partition coefficient (Wildman–Crippen LogP) is 5.34. The Bertz CT molecular complexity index is 809. The van der Waals surface area contributed by atoms with E-state index in [4.69, 9.17) is 21.1 Å². The third kappa shape index (κ3) is 7.34. The number of nitrogens with one attached hydrogen (secondary N) is 2. The Labute approximate surface area is 186 Å². The highest BCUT2D eigenvalue weighted by molar-refractivity contribution is 9.10. The summed E-state index contributed by atoms with van der Waals surface area (Å²) < 4.78 is 12.8. The highest BCUT2D eigenvalue weighted by Gasteiger charge is 2.12. The summed E-state index contributed by atoms with van der Waals surface area (Å²) in [4.78, 5) is 0. The standard InChI is InChI=1S/C23H28BrClN2O2/c1-2-9-28-21-10-18(15-27-14-17-5-7-26-8-6-17)11-22(13-21)29-16-19-3-4-20(25)12-23(19)24/h2-4,10-13,17,26-27H,1,5-9,14-16H2. The number of piperidine rings is 1. The van der Waals surface area contributed by atoms with Crippen LogP contribution in [0.2, 0.25) is 5.02 Å². The second-order valence-corrected chi connectivity index (χ2v) is 8.55. The van der Waals surface area contributed by atoms with Crippen LogP contribution in [0, 0.1) is 5.92 Å². The average molecular weight is 480 g/mol. The van der Waals surface area contributed by atoms with Crippen LogP contribution in [0.15, 0.2) is 53.5 Å². The van der Waals surface area contributed by atoms with Crippen LogP contribution in [0.25, 0.3) is 0 Å². The molecule has 3 rings (SSSR count). The van der Waals surface area contributed by atoms with Crippen molar-refractivity contribution in [2.75, 3.05) is 26.2 Å². The molecule has 2 aromatic rings. The van der Waals surface area contributed by atoms with Crippen molar-refractivity contribution in [2.45, 2.75) is 26.0 Å². The maximum absolute atomic E-state index is 6.06. The first-order valence-electron chi connectivity index (χ1n) is 10.00. The second kappa shape index (κ2) is 11.6. The van der Waals surface area contributed by atoms with E-state index >= 15 is 0 Å². The van der Waals surface area contributed by atoms with Gasteiger partial charge in [0.2, 0.25) is 0 Å². The van der Waals surface area contributed by atoms with Crippen LogP contribution in [-0.4, -0.2) is 26.2 Å². The maximum Gasteiger partial charge on any atom is 0.123 e. The number of halogens is 2. The van der Waals surface area contributed by atoms with Gasteiger partial charge in [-0.05, 0) is 68.2 Å². The van der Waals surface area contributed by atoms with E-state index in [1.807, 2.05) is 24.3 Å². The Morgan fingerprint density at radius 1 is 1.14 bits per heavy atom. The lowest BCUT2D eigenvalue weighted by Crippen LogP contribution is -2.33. The molecule has 1 fully saturated rings. The summed E-state index contributed by atoms with van der Waals surface area (Å²) >= 11 is 9.56. The summed E-state index contributed by atoms with van der Waals surface area (Å²) in [6, 6.07) is 11.8. The van der Waals surface area contributed by atoms with Gasteiger partial charge < -0.3 is 20.1 Å². The first kappa shape index (κ1) is 22.2. The Morgan fingerprint density at radius 3 is 2.62 bits per heavy atom. The molecule has 0 saturated carbocycles. The normalized spacial score (nSPS) is 14.6. The fourth-order valence-corrected chi connectivity index (χ4v) is 4.16. The molecule has 0 unspecified atom stereocenters. The van der Waals surface area contributed by atoms with Gasteiger partial charge >= 0.3 is 0 Å². The van der Waals surface area contributed by atoms with E-state index in [1.165, 1.54) is 12.8 Å². The van der Waals surface area contributed by atoms with E-state index in [-0.39, 0.29) is 0 Å². The molecule has 1 saturated heterocycles. The quantitative estimate of drug-likeness (QED) is 0.452. The lowest BCUT2D eigenvalue weighted by molar-refractivity contribution is 0.300. The van der Waals surface area contributed by atoms with Crippen LogP contribution in [0.4, 0.5) is 0 Å². The van der Waals surface area contributed by atoms with Gasteiger partial charge in [0.1, 0.15) is 24.7 Å². The van der Waals surface area contributed by atoms with Crippen molar-refractivity contribution in [3.63, 3.8) is 0 Å². The second-order valence-electron chi connectivity index (χ2n) is 7.26. The smallest absolute Gasteiger partial charge is 0.123 e. The molecule has 156 valence electrons. The lowest BCUT2D eigenvalue weighted by Gasteiger charge is -2.23. The van der Waals surface area contributed by atoms with Gasteiger partial charge in [0.05, 0.1) is 0 Å². The van der Waals surface area contributed by atoms with E-state index < -0.39 is 0 Å². The minimum absolute atomic E-state index is 0.449. The largest absolute Gasteiger partial charge is 0.489 e. The van der Waals surface area contributed by atoms with E-state index in [0.29, 0.717) is 18.2 Å². The first-order valence-corrected chi connectivity index (χ1v) is 11.2. The fraction of sp³-hybridized carbons (Fsp3) is 0.391. The molecule has 2 N–H and O–H groups in total. The van der Waals surface area contributed by atoms with E-state index in [1.54, 1.807) is 6.08 Å². The molecule has 0 aromatic heterocycles. The van der Waals surface area contributed by atoms with E-state index in [9.17, 15) is 0 Å². The predicted molar refractivity (Wildman–Crippen MR) is 123 cm³/mol. The summed E-state index contributed by atoms with van der Waals surface area (Å²) in [5.41, 5.74) is 2.18. The lowest BCUT2D eigenvalue weighted by atomic mass is 9.98. The first-order chi connectivity index (χ1) is 14.1. The summed E-state index contributed by atoms with van der Waals surface area (Å²) in [5.74, 6) is 2.32. The Hall–Kier alpha value is -1.53. The molecule has 1 aliphatic heterocycles. The number of benzene rings is 2. The SMILES string of the molecule is C=CCOc1cc(CNCC2CCNCC2)cc(OCc2ccc(Cl)cc2Br)c1. The topological polar surface area (TPSA) is 42.5 Å². The zero-order valence-electron chi connectivity index (χ0n) is 16.6. The van der Waals surface area contributed by atoms with Crippen molar-refractivity contribution in [3.05, 3.63) is 69.7 Å². The molecule has 0 atom stereocenters. The van der Waals surface area contributed by atoms with Crippen LogP contribution < -0.4 is 20.1 Å². The van der Waals surface area contributed by atoms with Gasteiger partial charge in [-0.15, -0.1) is 0 Å². The van der Waals surface area contributed by atoms with Gasteiger partial charge in [-0.1, -0.05) is 46.3 Å². The van der Waals surface area contributed by atoms with Gasteiger partial charge in [-0.3, -0.25) is 0 Å². The summed E-state index contributed by atoms with van der Waals surface area (Å²) in [5, 5.41) is 7.70. The molecule has 0 aliphatic carbocycles. The van der Waals surface area contributed by atoms with Crippen LogP contribution >= 0.6 is 27.5 Å². The van der Waals surface area contributed by atoms with Crippen molar-refractivity contribution in [1.82, 2.24) is 10.6 Å². The molecule has 0 amide bonds. The molecule has 1 aliphatic rings. The fourth-order valence-electron chi connectivity index (χ4n) is 3.36. The third-order valence-electron chi connectivity index (χ3n) is 4.94. The molecular formula is C23H28BrClN2O2. The summed E-state index contributed by atoms with van der Waals surface area (Å²) in [6.45, 7) is 8.70. The van der Waals surface area contributed by atoms with E-state index in [0.717, 1.165) is 59.2 Å². The minimum atomic E-state index is 0.449. The van der Waals surface area contributed by atoms with Gasteiger partial charge in [0, 0.05) is 27.7 Å².